The maximum Gasteiger partial charge on any atom is 0.319 e. The van der Waals surface area contributed by atoms with Crippen LogP contribution >= 0.6 is 46.0 Å². The van der Waals surface area contributed by atoms with E-state index in [1.807, 2.05) is 23.6 Å². The van der Waals surface area contributed by atoms with Crippen molar-refractivity contribution in [3.05, 3.63) is 34.3 Å². The normalized spacial score (nSPS) is 11.9. The van der Waals surface area contributed by atoms with Crippen LogP contribution in [0.25, 0.3) is 10.2 Å². The Morgan fingerprint density at radius 3 is 2.72 bits per heavy atom. The molecule has 3 aromatic rings. The van der Waals surface area contributed by atoms with Gasteiger partial charge in [0.05, 0.1) is 15.9 Å². The Morgan fingerprint density at radius 2 is 1.97 bits per heavy atom. The highest BCUT2D eigenvalue weighted by Gasteiger charge is 2.29. The number of thioether (sulfide) groups is 1. The highest BCUT2D eigenvalue weighted by molar-refractivity contribution is 8.03. The minimum Gasteiger partial charge on any atom is -0.480 e. The predicted octanol–water partition coefficient (Wildman–Crippen LogP) is 7.38. The number of hydrogen-bond acceptors (Lipinski definition) is 7. The van der Waals surface area contributed by atoms with Crippen molar-refractivity contribution in [3.63, 3.8) is 0 Å². The first kappa shape index (κ1) is 25.3. The second-order valence-electron chi connectivity index (χ2n) is 8.28. The second kappa shape index (κ2) is 11.7. The maximum atomic E-state index is 11.4. The number of rotatable bonds is 13. The molecular weight excluding hydrogens is 482 g/mol. The molecule has 0 radical (unpaired) electrons. The van der Waals surface area contributed by atoms with Crippen LogP contribution in [-0.2, 0) is 11.2 Å². The number of unbranched alkanes of at least 4 members (excludes halogenated alkanes) is 4. The first-order valence-corrected chi connectivity index (χ1v) is 13.9. The van der Waals surface area contributed by atoms with E-state index in [0.717, 1.165) is 56.3 Å². The third kappa shape index (κ3) is 7.07. The van der Waals surface area contributed by atoms with Crippen LogP contribution < -0.4 is 4.90 Å². The molecule has 0 fully saturated rings. The largest absolute Gasteiger partial charge is 0.480 e. The highest BCUT2D eigenvalue weighted by atomic mass is 35.5. The Hall–Kier alpha value is -1.35. The van der Waals surface area contributed by atoms with Gasteiger partial charge in [0.25, 0.3) is 0 Å². The Kier molecular flexibility index (Phi) is 9.22. The number of fused-ring (bicyclic) bond motifs is 1. The molecule has 0 aliphatic rings. The van der Waals surface area contributed by atoms with Crippen LogP contribution in [0.5, 0.6) is 0 Å². The molecule has 0 saturated heterocycles. The third-order valence-corrected chi connectivity index (χ3v) is 8.65. The summed E-state index contributed by atoms with van der Waals surface area (Å²) in [5, 5.41) is 13.2. The first-order chi connectivity index (χ1) is 15.3. The van der Waals surface area contributed by atoms with Gasteiger partial charge in [-0.2, -0.15) is 0 Å². The van der Waals surface area contributed by atoms with Crippen LogP contribution in [0, 0.1) is 0 Å². The van der Waals surface area contributed by atoms with Crippen LogP contribution in [0.15, 0.2) is 27.9 Å². The third-order valence-electron chi connectivity index (χ3n) is 5.17. The van der Waals surface area contributed by atoms with Crippen molar-refractivity contribution in [2.24, 2.45) is 0 Å². The standard InChI is InChI=1S/C23H30ClN3O2S3/c1-4-5-6-7-8-12-27(21-26-18-10-9-16(24)14-19(18)31-21)13-11-17-15-30-22(25-17)32-23(2,3)20(28)29/h9-10,14-15H,4-8,11-13H2,1-3H3,(H,28,29). The molecule has 0 bridgehead atoms. The number of hydrogen-bond donors (Lipinski definition) is 1. The van der Waals surface area contributed by atoms with Crippen molar-refractivity contribution in [1.29, 1.82) is 0 Å². The van der Waals surface area contributed by atoms with Gasteiger partial charge in [0, 0.05) is 29.9 Å². The first-order valence-electron chi connectivity index (χ1n) is 11.0. The van der Waals surface area contributed by atoms with Crippen molar-refractivity contribution in [2.45, 2.75) is 68.4 Å². The zero-order valence-electron chi connectivity index (χ0n) is 18.8. The smallest absolute Gasteiger partial charge is 0.319 e. The number of halogens is 1. The molecule has 0 aliphatic heterocycles. The molecule has 1 N–H and O–H groups in total. The molecule has 2 heterocycles. The van der Waals surface area contributed by atoms with Gasteiger partial charge < -0.3 is 10.0 Å². The lowest BCUT2D eigenvalue weighted by atomic mass is 10.1. The van der Waals surface area contributed by atoms with Crippen LogP contribution in [0.2, 0.25) is 5.02 Å². The van der Waals surface area contributed by atoms with E-state index in [-0.39, 0.29) is 0 Å². The Labute approximate surface area is 207 Å². The minimum atomic E-state index is -0.887. The molecule has 32 heavy (non-hydrogen) atoms. The summed E-state index contributed by atoms with van der Waals surface area (Å²) in [6.45, 7) is 7.45. The lowest BCUT2D eigenvalue weighted by Crippen LogP contribution is -2.27. The molecule has 0 unspecified atom stereocenters. The fraction of sp³-hybridized carbons (Fsp3) is 0.522. The number of thiazole rings is 2. The number of anilines is 1. The van der Waals surface area contributed by atoms with Crippen molar-refractivity contribution in [1.82, 2.24) is 9.97 Å². The van der Waals surface area contributed by atoms with E-state index in [4.69, 9.17) is 16.6 Å². The molecular formula is C23H30ClN3O2S3. The van der Waals surface area contributed by atoms with Gasteiger partial charge >= 0.3 is 5.97 Å². The summed E-state index contributed by atoms with van der Waals surface area (Å²) < 4.78 is 1.02. The molecule has 0 atom stereocenters. The number of carboxylic acids is 1. The molecule has 9 heteroatoms. The van der Waals surface area contributed by atoms with Gasteiger partial charge in [0.2, 0.25) is 0 Å². The van der Waals surface area contributed by atoms with Crippen molar-refractivity contribution in [3.8, 4) is 0 Å². The average molecular weight is 512 g/mol. The van der Waals surface area contributed by atoms with Gasteiger partial charge in [-0.25, -0.2) is 9.97 Å². The molecule has 1 aromatic carbocycles. The number of carboxylic acid groups (broad SMARTS) is 1. The van der Waals surface area contributed by atoms with E-state index in [0.29, 0.717) is 0 Å². The molecule has 174 valence electrons. The fourth-order valence-corrected chi connectivity index (χ4v) is 6.71. The SMILES string of the molecule is CCCCCCCN(CCc1csc(SC(C)(C)C(=O)O)n1)c1nc2ccc(Cl)cc2s1. The summed E-state index contributed by atoms with van der Waals surface area (Å²) >= 11 is 10.7. The number of carbonyl (C=O) groups is 1. The van der Waals surface area contributed by atoms with Crippen molar-refractivity contribution in [2.75, 3.05) is 18.0 Å². The van der Waals surface area contributed by atoms with Crippen molar-refractivity contribution >= 4 is 67.4 Å². The lowest BCUT2D eigenvalue weighted by Gasteiger charge is -2.21. The zero-order chi connectivity index (χ0) is 23.1. The zero-order valence-corrected chi connectivity index (χ0v) is 22.0. The van der Waals surface area contributed by atoms with E-state index in [2.05, 4.69) is 16.8 Å². The molecule has 0 amide bonds. The number of aliphatic carboxylic acids is 1. The van der Waals surface area contributed by atoms with Gasteiger partial charge in [-0.1, -0.05) is 67.3 Å². The fourth-order valence-electron chi connectivity index (χ4n) is 3.19. The predicted molar refractivity (Wildman–Crippen MR) is 139 cm³/mol. The van der Waals surface area contributed by atoms with E-state index >= 15 is 0 Å². The summed E-state index contributed by atoms with van der Waals surface area (Å²) in [6.07, 6.45) is 6.96. The second-order valence-corrected chi connectivity index (χ2v) is 12.5. The maximum absolute atomic E-state index is 11.4. The van der Waals surface area contributed by atoms with Crippen LogP contribution in [0.3, 0.4) is 0 Å². The summed E-state index contributed by atoms with van der Waals surface area (Å²) in [5.41, 5.74) is 1.98. The van der Waals surface area contributed by atoms with E-state index in [1.165, 1.54) is 48.8 Å². The van der Waals surface area contributed by atoms with Gasteiger partial charge in [0.1, 0.15) is 4.75 Å². The minimum absolute atomic E-state index is 0.732. The molecule has 2 aromatic heterocycles. The van der Waals surface area contributed by atoms with Crippen LogP contribution in [-0.4, -0.2) is 38.9 Å². The highest BCUT2D eigenvalue weighted by Crippen LogP contribution is 2.35. The molecule has 5 nitrogen and oxygen atoms in total. The van der Waals surface area contributed by atoms with Gasteiger partial charge in [0.15, 0.2) is 9.47 Å². The summed E-state index contributed by atoms with van der Waals surface area (Å²) in [4.78, 5) is 23.3. The summed E-state index contributed by atoms with van der Waals surface area (Å²) in [5.74, 6) is -0.829. The lowest BCUT2D eigenvalue weighted by molar-refractivity contribution is -0.138. The monoisotopic (exact) mass is 511 g/mol. The number of nitrogens with zero attached hydrogens (tertiary/aromatic N) is 3. The Balaban J connectivity index is 1.67. The molecule has 0 spiro atoms. The molecule has 0 aliphatic carbocycles. The molecule has 0 saturated carbocycles. The van der Waals surface area contributed by atoms with Gasteiger partial charge in [-0.15, -0.1) is 11.3 Å². The van der Waals surface area contributed by atoms with Gasteiger partial charge in [-0.3, -0.25) is 4.79 Å². The average Bonchev–Trinajstić information content (AvgIpc) is 3.35. The van der Waals surface area contributed by atoms with E-state index in [9.17, 15) is 9.90 Å². The Bertz CT molecular complexity index is 1030. The van der Waals surface area contributed by atoms with Gasteiger partial charge in [-0.05, 0) is 38.5 Å². The van der Waals surface area contributed by atoms with E-state index in [1.54, 1.807) is 25.2 Å². The number of aromatic nitrogens is 2. The topological polar surface area (TPSA) is 66.3 Å². The van der Waals surface area contributed by atoms with E-state index < -0.39 is 10.7 Å². The van der Waals surface area contributed by atoms with Crippen LogP contribution in [0.4, 0.5) is 5.13 Å². The summed E-state index contributed by atoms with van der Waals surface area (Å²) in [7, 11) is 0. The van der Waals surface area contributed by atoms with Crippen LogP contribution in [0.1, 0.15) is 58.6 Å². The Morgan fingerprint density at radius 1 is 1.19 bits per heavy atom. The summed E-state index contributed by atoms with van der Waals surface area (Å²) in [6, 6.07) is 5.84. The van der Waals surface area contributed by atoms with Crippen molar-refractivity contribution < 1.29 is 9.90 Å². The quantitative estimate of drug-likeness (QED) is 0.191. The number of benzene rings is 1. The molecule has 3 rings (SSSR count).